The van der Waals surface area contributed by atoms with Crippen molar-refractivity contribution in [2.75, 3.05) is 19.8 Å². The molecule has 0 spiro atoms. The molecule has 2 saturated heterocycles. The first-order chi connectivity index (χ1) is 11.7. The maximum atomic E-state index is 8.29. The van der Waals surface area contributed by atoms with Crippen LogP contribution in [-0.4, -0.2) is 60.4 Å². The van der Waals surface area contributed by atoms with Crippen molar-refractivity contribution < 1.29 is 19.9 Å². The molecule has 24 heavy (non-hydrogen) atoms. The van der Waals surface area contributed by atoms with Crippen LogP contribution >= 0.6 is 8.53 Å². The molecule has 2 aliphatic heterocycles. The highest BCUT2D eigenvalue weighted by atomic mass is 31.2. The van der Waals surface area contributed by atoms with E-state index >= 15 is 0 Å². The van der Waals surface area contributed by atoms with E-state index in [9.17, 15) is 0 Å². The Hall–Kier alpha value is -0.280. The summed E-state index contributed by atoms with van der Waals surface area (Å²) in [6, 6.07) is 0.475. The Morgan fingerprint density at radius 3 is 2.58 bits per heavy atom. The van der Waals surface area contributed by atoms with Crippen LogP contribution in [0.2, 0.25) is 0 Å². The second-order valence-corrected chi connectivity index (χ2v) is 8.30. The molecule has 2 heterocycles. The molecule has 0 aromatic carbocycles. The minimum atomic E-state index is -1.37. The molecule has 0 aromatic heterocycles. The summed E-state index contributed by atoms with van der Waals surface area (Å²) in [4.78, 5) is 3.37. The van der Waals surface area contributed by atoms with Crippen molar-refractivity contribution in [2.24, 2.45) is 0 Å². The van der Waals surface area contributed by atoms with Gasteiger partial charge in [0, 0.05) is 13.5 Å². The molecule has 2 bridgehead atoms. The molecule has 6 nitrogen and oxygen atoms in total. The summed E-state index contributed by atoms with van der Waals surface area (Å²) in [5, 5.41) is 0. The molecule has 0 N–H and O–H groups in total. The van der Waals surface area contributed by atoms with Crippen molar-refractivity contribution in [1.29, 1.82) is 0 Å². The standard InChI is InChI=1S/C17H31N2O4P/c1-8-17-11-20-15(14(6)22-17)16(17)23-24(21-10-9-18-7)19(12(2)3)13(4)5/h12-16H,8-11H2,1-6H3/t14-,15-,16-,17-,24?/m0/s1/i8D/t8?,14-,15-,16-,17-,24?. The van der Waals surface area contributed by atoms with Gasteiger partial charge in [-0.2, -0.15) is 0 Å². The molecule has 2 aliphatic rings. The molecule has 2 unspecified atom stereocenters. The maximum Gasteiger partial charge on any atom is 0.259 e. The molecule has 0 radical (unpaired) electrons. The molecule has 2 rings (SSSR count). The van der Waals surface area contributed by atoms with Gasteiger partial charge in [-0.05, 0) is 41.0 Å². The minimum absolute atomic E-state index is 0.0989. The van der Waals surface area contributed by atoms with Crippen molar-refractivity contribution in [1.82, 2.24) is 4.67 Å². The van der Waals surface area contributed by atoms with Crippen LogP contribution in [0.3, 0.4) is 0 Å². The highest BCUT2D eigenvalue weighted by molar-refractivity contribution is 7.44. The summed E-state index contributed by atoms with van der Waals surface area (Å²) in [6.07, 6.45) is -1.06. The fourth-order valence-electron chi connectivity index (χ4n) is 3.42. The molecule has 138 valence electrons. The van der Waals surface area contributed by atoms with Crippen molar-refractivity contribution in [3.63, 3.8) is 0 Å². The van der Waals surface area contributed by atoms with E-state index in [1.54, 1.807) is 0 Å². The third-order valence-corrected chi connectivity index (χ3v) is 6.61. The van der Waals surface area contributed by atoms with E-state index in [1.165, 1.54) is 0 Å². The highest BCUT2D eigenvalue weighted by Crippen LogP contribution is 2.53. The largest absolute Gasteiger partial charge is 0.370 e. The lowest BCUT2D eigenvalue weighted by Gasteiger charge is -2.38. The maximum absolute atomic E-state index is 8.29. The summed E-state index contributed by atoms with van der Waals surface area (Å²) >= 11 is 0. The van der Waals surface area contributed by atoms with Crippen molar-refractivity contribution >= 4 is 8.53 Å². The topological polar surface area (TPSA) is 44.5 Å². The summed E-state index contributed by atoms with van der Waals surface area (Å²) in [7, 11) is -1.37. The predicted octanol–water partition coefficient (Wildman–Crippen LogP) is 3.62. The van der Waals surface area contributed by atoms with Gasteiger partial charge in [-0.3, -0.25) is 0 Å². The van der Waals surface area contributed by atoms with Gasteiger partial charge in [-0.1, -0.05) is 6.92 Å². The van der Waals surface area contributed by atoms with E-state index in [2.05, 4.69) is 37.2 Å². The number of hydrogen-bond acceptors (Lipinski definition) is 5. The van der Waals surface area contributed by atoms with Gasteiger partial charge in [0.05, 0.1) is 12.7 Å². The van der Waals surface area contributed by atoms with E-state index in [1.807, 2.05) is 13.8 Å². The third-order valence-electron chi connectivity index (χ3n) is 4.49. The lowest BCUT2D eigenvalue weighted by molar-refractivity contribution is -0.139. The van der Waals surface area contributed by atoms with Gasteiger partial charge >= 0.3 is 0 Å². The normalized spacial score (nSPS) is 35.5. The molecule has 0 aliphatic carbocycles. The molecule has 2 fully saturated rings. The van der Waals surface area contributed by atoms with Crippen LogP contribution in [0.4, 0.5) is 0 Å². The van der Waals surface area contributed by atoms with E-state index in [0.717, 1.165) is 0 Å². The van der Waals surface area contributed by atoms with Crippen LogP contribution in [-0.2, 0) is 18.5 Å². The van der Waals surface area contributed by atoms with Crippen LogP contribution in [0, 0.1) is 6.57 Å². The van der Waals surface area contributed by atoms with Crippen LogP contribution in [0.1, 0.15) is 49.3 Å². The summed E-state index contributed by atoms with van der Waals surface area (Å²) < 4.78 is 34.9. The molecule has 0 amide bonds. The zero-order chi connectivity index (χ0) is 18.8. The fraction of sp³-hybridized carbons (Fsp3) is 0.941. The van der Waals surface area contributed by atoms with E-state index in [0.29, 0.717) is 19.8 Å². The lowest BCUT2D eigenvalue weighted by Crippen LogP contribution is -2.42. The third kappa shape index (κ3) is 3.93. The van der Waals surface area contributed by atoms with Gasteiger partial charge in [0.1, 0.15) is 24.4 Å². The second-order valence-electron chi connectivity index (χ2n) is 6.89. The first kappa shape index (κ1) is 18.5. The van der Waals surface area contributed by atoms with Gasteiger partial charge in [0.25, 0.3) is 8.53 Å². The second kappa shape index (κ2) is 8.40. The molecule has 6 atom stereocenters. The Balaban J connectivity index is 2.21. The molecule has 0 saturated carbocycles. The highest BCUT2D eigenvalue weighted by Gasteiger charge is 2.61. The number of ether oxygens (including phenoxy) is 2. The Bertz CT molecular complexity index is 480. The average molecular weight is 359 g/mol. The molecule has 0 aromatic rings. The van der Waals surface area contributed by atoms with Gasteiger partial charge in [-0.15, -0.1) is 0 Å². The smallest absolute Gasteiger partial charge is 0.259 e. The zero-order valence-corrected chi connectivity index (χ0v) is 16.5. The van der Waals surface area contributed by atoms with Gasteiger partial charge in [0.2, 0.25) is 6.54 Å². The Kier molecular flexibility index (Phi) is 6.48. The number of hydrogen-bond donors (Lipinski definition) is 0. The van der Waals surface area contributed by atoms with Crippen molar-refractivity contribution in [3.8, 4) is 0 Å². The van der Waals surface area contributed by atoms with E-state index in [4.69, 9.17) is 26.5 Å². The van der Waals surface area contributed by atoms with Gasteiger partial charge < -0.3 is 23.4 Å². The average Bonchev–Trinajstić information content (AvgIpc) is 2.99. The molecular weight excluding hydrogens is 327 g/mol. The fourth-order valence-corrected chi connectivity index (χ4v) is 5.21. The summed E-state index contributed by atoms with van der Waals surface area (Å²) in [5.41, 5.74) is -0.743. The van der Waals surface area contributed by atoms with Gasteiger partial charge in [-0.25, -0.2) is 11.2 Å². The van der Waals surface area contributed by atoms with Gasteiger partial charge in [0.15, 0.2) is 0 Å². The number of fused-ring (bicyclic) bond motifs is 2. The van der Waals surface area contributed by atoms with Crippen LogP contribution in [0.15, 0.2) is 0 Å². The first-order valence-corrected chi connectivity index (χ1v) is 9.80. The SMILES string of the molecule is [2H]C(C)[C@@]12CO[C@@H]([C@H](C)O1)[C@@H]2OP(OCC[N+]#[C-])N(C(C)C)C(C)C. The van der Waals surface area contributed by atoms with Crippen LogP contribution in [0.5, 0.6) is 0 Å². The molecule has 7 heteroatoms. The van der Waals surface area contributed by atoms with Crippen LogP contribution in [0.25, 0.3) is 4.85 Å². The van der Waals surface area contributed by atoms with Crippen molar-refractivity contribution in [2.45, 2.75) is 83.9 Å². The molecular formula is C17H31N2O4P. The monoisotopic (exact) mass is 359 g/mol. The Labute approximate surface area is 149 Å². The Morgan fingerprint density at radius 1 is 1.42 bits per heavy atom. The Morgan fingerprint density at radius 2 is 2.08 bits per heavy atom. The predicted molar refractivity (Wildman–Crippen MR) is 94.6 cm³/mol. The zero-order valence-electron chi connectivity index (χ0n) is 16.6. The quantitative estimate of drug-likeness (QED) is 0.357. The minimum Gasteiger partial charge on any atom is -0.370 e. The number of rotatable bonds is 9. The van der Waals surface area contributed by atoms with E-state index in [-0.39, 0.29) is 30.4 Å². The number of nitrogens with zero attached hydrogens (tertiary/aromatic N) is 2. The summed E-state index contributed by atoms with van der Waals surface area (Å²) in [6.45, 7) is 20.2. The van der Waals surface area contributed by atoms with E-state index < -0.39 is 20.5 Å². The summed E-state index contributed by atoms with van der Waals surface area (Å²) in [5.74, 6) is 0. The lowest BCUT2D eigenvalue weighted by atomic mass is 9.96. The van der Waals surface area contributed by atoms with Crippen molar-refractivity contribution in [3.05, 3.63) is 11.4 Å². The van der Waals surface area contributed by atoms with Crippen LogP contribution < -0.4 is 0 Å². The first-order valence-electron chi connectivity index (χ1n) is 9.25.